The van der Waals surface area contributed by atoms with E-state index < -0.39 is 104 Å². The third-order valence-electron chi connectivity index (χ3n) is 9.35. The quantitative estimate of drug-likeness (QED) is 0.0509. The van der Waals surface area contributed by atoms with Crippen LogP contribution in [0.3, 0.4) is 0 Å². The van der Waals surface area contributed by atoms with Crippen LogP contribution in [0.4, 0.5) is 0 Å². The van der Waals surface area contributed by atoms with Gasteiger partial charge in [0, 0.05) is 52.9 Å². The standard InChI is InChI=1S/C26H27O3P.C10H22O7.6C3H4O2/c1-16-12-18(3)23(19(4)13-16)25(27)30(29,22-10-8-7-9-11-22)26(28)24-20(5)14-17(2)15-21(24)6;11-1-9(2-12,3-13)7-17-8-10(4-14,5-15)6-16;6*1-2-3(4)5/h7-15H,1-6H3;11-16H,1-8H2;6*2H,1H2,(H,4,5). The van der Waals surface area contributed by atoms with Crippen LogP contribution in [0.2, 0.25) is 0 Å². The summed E-state index contributed by atoms with van der Waals surface area (Å²) in [5, 5.41) is 100. The van der Waals surface area contributed by atoms with Crippen LogP contribution in [0.25, 0.3) is 0 Å². The lowest BCUT2D eigenvalue weighted by Gasteiger charge is -2.31. The highest BCUT2D eigenvalue weighted by molar-refractivity contribution is 8.01. The minimum Gasteiger partial charge on any atom is -0.478 e. The van der Waals surface area contributed by atoms with Crippen LogP contribution in [0.15, 0.2) is 131 Å². The Morgan fingerprint density at radius 1 is 0.429 bits per heavy atom. The molecule has 0 bridgehead atoms. The number of aliphatic hydroxyl groups excluding tert-OH is 6. The fraction of sp³-hybridized carbons (Fsp3) is 0.296. The highest BCUT2D eigenvalue weighted by atomic mass is 31.2. The Balaban J connectivity index is -0.000000307. The van der Waals surface area contributed by atoms with E-state index >= 15 is 0 Å². The number of aryl methyl sites for hydroxylation is 6. The lowest BCUT2D eigenvalue weighted by molar-refractivity contribution is -0.132. The van der Waals surface area contributed by atoms with Gasteiger partial charge in [0.1, 0.15) is 0 Å². The van der Waals surface area contributed by atoms with Gasteiger partial charge in [0.2, 0.25) is 18.2 Å². The molecule has 0 fully saturated rings. The van der Waals surface area contributed by atoms with Crippen molar-refractivity contribution in [2.24, 2.45) is 10.8 Å². The minimum atomic E-state index is -4.11. The van der Waals surface area contributed by atoms with Crippen molar-refractivity contribution in [3.8, 4) is 0 Å². The van der Waals surface area contributed by atoms with Gasteiger partial charge >= 0.3 is 35.8 Å². The molecule has 0 spiro atoms. The predicted molar refractivity (Wildman–Crippen MR) is 289 cm³/mol. The van der Waals surface area contributed by atoms with Crippen molar-refractivity contribution in [1.82, 2.24) is 0 Å². The van der Waals surface area contributed by atoms with Crippen LogP contribution in [0.5, 0.6) is 0 Å². The van der Waals surface area contributed by atoms with Crippen molar-refractivity contribution < 1.29 is 109 Å². The highest BCUT2D eigenvalue weighted by Crippen LogP contribution is 2.52. The summed E-state index contributed by atoms with van der Waals surface area (Å²) in [5.74, 6) is -5.89. The largest absolute Gasteiger partial charge is 0.478 e. The number of aliphatic hydroxyl groups is 6. The van der Waals surface area contributed by atoms with Gasteiger partial charge in [-0.1, -0.05) is 105 Å². The van der Waals surface area contributed by atoms with E-state index in [0.29, 0.717) is 11.1 Å². The van der Waals surface area contributed by atoms with Crippen LogP contribution < -0.4 is 5.30 Å². The van der Waals surface area contributed by atoms with Gasteiger partial charge in [-0.3, -0.25) is 9.59 Å². The fourth-order valence-electron chi connectivity index (χ4n) is 5.37. The fourth-order valence-corrected chi connectivity index (χ4v) is 7.95. The highest BCUT2D eigenvalue weighted by Gasteiger charge is 2.44. The Morgan fingerprint density at radius 3 is 0.792 bits per heavy atom. The summed E-state index contributed by atoms with van der Waals surface area (Å²) in [6, 6.07) is 16.0. The molecule has 426 valence electrons. The first-order chi connectivity index (χ1) is 35.8. The third kappa shape index (κ3) is 32.3. The number of aliphatic carboxylic acids is 6. The topological polar surface area (TPSA) is 406 Å². The summed E-state index contributed by atoms with van der Waals surface area (Å²) in [6.07, 6.45) is 5.00. The maximum Gasteiger partial charge on any atom is 0.327 e. The van der Waals surface area contributed by atoms with Gasteiger partial charge in [0.05, 0.1) is 63.7 Å². The number of carboxylic acid groups (broad SMARTS) is 6. The van der Waals surface area contributed by atoms with Crippen molar-refractivity contribution in [3.05, 3.63) is 175 Å². The molecular weight excluding hydrogens is 1030 g/mol. The van der Waals surface area contributed by atoms with Crippen LogP contribution >= 0.6 is 7.14 Å². The van der Waals surface area contributed by atoms with Crippen LogP contribution in [0.1, 0.15) is 54.1 Å². The second-order valence-corrected chi connectivity index (χ2v) is 18.3. The van der Waals surface area contributed by atoms with E-state index in [0.717, 1.165) is 69.8 Å². The van der Waals surface area contributed by atoms with Crippen molar-refractivity contribution in [2.75, 3.05) is 52.9 Å². The van der Waals surface area contributed by atoms with Gasteiger partial charge in [0.15, 0.2) is 0 Å². The molecule has 0 heterocycles. The van der Waals surface area contributed by atoms with E-state index in [1.54, 1.807) is 30.3 Å². The molecule has 0 unspecified atom stereocenters. The molecule has 0 aliphatic rings. The number of benzene rings is 3. The maximum atomic E-state index is 14.5. The number of carboxylic acids is 6. The lowest BCUT2D eigenvalue weighted by atomic mass is 9.91. The van der Waals surface area contributed by atoms with E-state index in [2.05, 4.69) is 39.5 Å². The molecule has 12 N–H and O–H groups in total. The second kappa shape index (κ2) is 42.4. The monoisotopic (exact) mass is 1100 g/mol. The molecule has 0 aliphatic carbocycles. The van der Waals surface area contributed by atoms with Crippen LogP contribution in [-0.2, 0) is 38.1 Å². The van der Waals surface area contributed by atoms with Gasteiger partial charge in [-0.05, 0) is 63.8 Å². The van der Waals surface area contributed by atoms with Gasteiger partial charge < -0.3 is 70.6 Å². The zero-order chi connectivity index (χ0) is 61.3. The second-order valence-electron chi connectivity index (χ2n) is 15.8. The van der Waals surface area contributed by atoms with E-state index in [1.807, 2.05) is 65.8 Å². The van der Waals surface area contributed by atoms with Gasteiger partial charge in [0.25, 0.3) is 0 Å². The molecule has 23 heteroatoms. The summed E-state index contributed by atoms with van der Waals surface area (Å²) in [6.45, 7) is 26.0. The molecule has 3 rings (SSSR count). The van der Waals surface area contributed by atoms with Crippen molar-refractivity contribution >= 4 is 59.3 Å². The predicted octanol–water partition coefficient (Wildman–Crippen LogP) is 4.68. The normalized spacial score (nSPS) is 9.82. The van der Waals surface area contributed by atoms with E-state index in [-0.39, 0.29) is 18.5 Å². The van der Waals surface area contributed by atoms with Gasteiger partial charge in [-0.2, -0.15) is 0 Å². The first-order valence-electron chi connectivity index (χ1n) is 22.0. The smallest absolute Gasteiger partial charge is 0.327 e. The average molecular weight is 1110 g/mol. The molecule has 0 atom stereocenters. The number of hydrogen-bond acceptors (Lipinski definition) is 16. The molecule has 0 aromatic heterocycles. The summed E-state index contributed by atoms with van der Waals surface area (Å²) < 4.78 is 19.6. The molecule has 0 saturated heterocycles. The number of ether oxygens (including phenoxy) is 1. The molecule has 3 aromatic rings. The Bertz CT molecular complexity index is 2190. The summed E-state index contributed by atoms with van der Waals surface area (Å²) in [5.41, 5.74) is 2.24. The Labute approximate surface area is 447 Å². The first-order valence-corrected chi connectivity index (χ1v) is 23.7. The zero-order valence-corrected chi connectivity index (χ0v) is 44.9. The molecule has 0 radical (unpaired) electrons. The van der Waals surface area contributed by atoms with Gasteiger partial charge in [-0.25, -0.2) is 28.8 Å². The SMILES string of the molecule is C=CC(=O)O.C=CC(=O)O.C=CC(=O)O.C=CC(=O)O.C=CC(=O)O.C=CC(=O)O.Cc1cc(C)c(C(=O)P(=O)(C(=O)c2c(C)cc(C)cc2C)c2ccccc2)c(C)c1.OCC(CO)(CO)COCC(CO)(CO)CO. The van der Waals surface area contributed by atoms with Crippen LogP contribution in [-0.4, -0.2) is 161 Å². The number of carbonyl (C=O) groups is 8. The molecule has 3 aromatic carbocycles. The van der Waals surface area contributed by atoms with E-state index in [4.69, 9.17) is 66.0 Å². The molecule has 0 saturated carbocycles. The van der Waals surface area contributed by atoms with Crippen molar-refractivity contribution in [2.45, 2.75) is 41.5 Å². The average Bonchev–Trinajstić information content (AvgIpc) is 3.39. The summed E-state index contributed by atoms with van der Waals surface area (Å²) >= 11 is 0. The van der Waals surface area contributed by atoms with Gasteiger partial charge in [-0.15, -0.1) is 0 Å². The van der Waals surface area contributed by atoms with Crippen molar-refractivity contribution in [1.29, 1.82) is 0 Å². The van der Waals surface area contributed by atoms with E-state index in [1.165, 1.54) is 0 Å². The molecule has 0 amide bonds. The number of hydrogen-bond donors (Lipinski definition) is 12. The lowest BCUT2D eigenvalue weighted by Crippen LogP contribution is -2.43. The Kier molecular flexibility index (Phi) is 43.0. The zero-order valence-electron chi connectivity index (χ0n) is 44.0. The Morgan fingerprint density at radius 2 is 0.623 bits per heavy atom. The molecule has 0 aliphatic heterocycles. The third-order valence-corrected chi connectivity index (χ3v) is 12.0. The molecule has 22 nitrogen and oxygen atoms in total. The summed E-state index contributed by atoms with van der Waals surface area (Å²) in [7, 11) is -4.11. The number of rotatable bonds is 21. The molecular formula is C54H73O22P. The van der Waals surface area contributed by atoms with E-state index in [9.17, 15) is 42.9 Å². The van der Waals surface area contributed by atoms with Crippen molar-refractivity contribution in [3.63, 3.8) is 0 Å². The minimum absolute atomic E-state index is 0.141. The Hall–Kier alpha value is -7.79. The maximum absolute atomic E-state index is 14.5. The number of carbonyl (C=O) groups excluding carboxylic acids is 2. The summed E-state index contributed by atoms with van der Waals surface area (Å²) in [4.78, 5) is 83.2. The first kappa shape index (κ1) is 78.1. The van der Waals surface area contributed by atoms with Crippen LogP contribution in [0, 0.1) is 52.4 Å². The molecule has 77 heavy (non-hydrogen) atoms.